The van der Waals surface area contributed by atoms with Crippen LogP contribution in [-0.2, 0) is 14.4 Å². The quantitative estimate of drug-likeness (QED) is 0.248. The van der Waals surface area contributed by atoms with E-state index in [4.69, 9.17) is 5.26 Å². The minimum absolute atomic E-state index is 0.294. The molecule has 0 aliphatic heterocycles. The van der Waals surface area contributed by atoms with Crippen LogP contribution in [0, 0.1) is 0 Å². The summed E-state index contributed by atoms with van der Waals surface area (Å²) in [7, 11) is 0. The molecule has 0 amide bonds. The summed E-state index contributed by atoms with van der Waals surface area (Å²) < 4.78 is 4.36. The van der Waals surface area contributed by atoms with Crippen LogP contribution in [0.4, 0.5) is 0 Å². The van der Waals surface area contributed by atoms with Gasteiger partial charge in [0, 0.05) is 0 Å². The fourth-order valence-electron chi connectivity index (χ4n) is 0.400. The van der Waals surface area contributed by atoms with Gasteiger partial charge in [-0.2, -0.15) is 0 Å². The lowest BCUT2D eigenvalue weighted by Crippen LogP contribution is -1.95. The summed E-state index contributed by atoms with van der Waals surface area (Å²) in [4.78, 5) is 13.3. The highest BCUT2D eigenvalue weighted by Crippen LogP contribution is 1.87. The zero-order valence-corrected chi connectivity index (χ0v) is 5.08. The predicted molar refractivity (Wildman–Crippen MR) is 29.8 cm³/mol. The molecule has 0 saturated heterocycles. The second-order valence-electron chi connectivity index (χ2n) is 1.51. The van der Waals surface area contributed by atoms with Crippen LogP contribution in [0.3, 0.4) is 0 Å². The number of hydrogen-bond donors (Lipinski definition) is 1. The predicted octanol–water partition coefficient (Wildman–Crippen LogP) is 0.429. The van der Waals surface area contributed by atoms with Crippen molar-refractivity contribution in [2.75, 3.05) is 13.2 Å². The Morgan fingerprint density at radius 1 is 1.33 bits per heavy atom. The number of carbonyl (C=O) groups excluding carboxylic acids is 1. The maximum absolute atomic E-state index is 9.53. The van der Waals surface area contributed by atoms with E-state index in [1.54, 1.807) is 0 Å². The zero-order chi connectivity index (χ0) is 6.95. The first-order chi connectivity index (χ1) is 4.41. The molecule has 54 valence electrons. The molecular weight excluding hydrogens is 124 g/mol. The van der Waals surface area contributed by atoms with Gasteiger partial charge in [-0.15, -0.1) is 0 Å². The SMILES string of the molecule is O=COCCCCOO. The van der Waals surface area contributed by atoms with Crippen LogP contribution >= 0.6 is 0 Å². The molecule has 0 radical (unpaired) electrons. The summed E-state index contributed by atoms with van der Waals surface area (Å²) in [5.41, 5.74) is 0. The van der Waals surface area contributed by atoms with Crippen LogP contribution in [-0.4, -0.2) is 24.9 Å². The van der Waals surface area contributed by atoms with Gasteiger partial charge in [0.1, 0.15) is 0 Å². The molecule has 0 aliphatic rings. The van der Waals surface area contributed by atoms with Crippen LogP contribution in [0.2, 0.25) is 0 Å². The number of ether oxygens (including phenoxy) is 1. The van der Waals surface area contributed by atoms with Gasteiger partial charge in [-0.05, 0) is 12.8 Å². The molecule has 0 heterocycles. The standard InChI is InChI=1S/C5H10O4/c6-5-8-3-1-2-4-9-7/h5,7H,1-4H2. The molecule has 9 heavy (non-hydrogen) atoms. The van der Waals surface area contributed by atoms with Gasteiger partial charge in [0.25, 0.3) is 6.47 Å². The molecule has 0 unspecified atom stereocenters. The van der Waals surface area contributed by atoms with Crippen LogP contribution in [0.1, 0.15) is 12.8 Å². The summed E-state index contributed by atoms with van der Waals surface area (Å²) in [6.45, 7) is 1.09. The molecular formula is C5H10O4. The molecule has 4 nitrogen and oxygen atoms in total. The summed E-state index contributed by atoms with van der Waals surface area (Å²) in [6, 6.07) is 0. The van der Waals surface area contributed by atoms with Gasteiger partial charge in [0.05, 0.1) is 13.2 Å². The van der Waals surface area contributed by atoms with Gasteiger partial charge < -0.3 is 4.74 Å². The maximum Gasteiger partial charge on any atom is 0.293 e. The van der Waals surface area contributed by atoms with E-state index in [0.717, 1.165) is 6.42 Å². The van der Waals surface area contributed by atoms with E-state index in [1.807, 2.05) is 0 Å². The average molecular weight is 134 g/mol. The molecule has 0 aliphatic carbocycles. The van der Waals surface area contributed by atoms with Crippen molar-refractivity contribution in [2.24, 2.45) is 0 Å². The average Bonchev–Trinajstić information content (AvgIpc) is 1.89. The Bertz CT molecular complexity index is 64.0. The highest BCUT2D eigenvalue weighted by Gasteiger charge is 1.86. The van der Waals surface area contributed by atoms with Crippen molar-refractivity contribution in [1.82, 2.24) is 0 Å². The number of unbranched alkanes of at least 4 members (excludes halogenated alkanes) is 1. The largest absolute Gasteiger partial charge is 0.468 e. The zero-order valence-electron chi connectivity index (χ0n) is 5.08. The molecule has 0 rings (SSSR count). The van der Waals surface area contributed by atoms with Gasteiger partial charge in [-0.1, -0.05) is 0 Å². The monoisotopic (exact) mass is 134 g/mol. The van der Waals surface area contributed by atoms with Gasteiger partial charge in [-0.25, -0.2) is 4.89 Å². The van der Waals surface area contributed by atoms with Gasteiger partial charge >= 0.3 is 0 Å². The Labute approximate surface area is 53.3 Å². The number of hydrogen-bond acceptors (Lipinski definition) is 4. The second-order valence-corrected chi connectivity index (χ2v) is 1.51. The molecule has 0 aromatic heterocycles. The lowest BCUT2D eigenvalue weighted by molar-refractivity contribution is -0.243. The third-order valence-electron chi connectivity index (χ3n) is 0.816. The first-order valence-corrected chi connectivity index (χ1v) is 2.73. The van der Waals surface area contributed by atoms with Crippen molar-refractivity contribution >= 4 is 6.47 Å². The normalized spacial score (nSPS) is 9.00. The molecule has 0 atom stereocenters. The van der Waals surface area contributed by atoms with Gasteiger partial charge in [-0.3, -0.25) is 10.1 Å². The minimum Gasteiger partial charge on any atom is -0.468 e. The lowest BCUT2D eigenvalue weighted by atomic mass is 10.3. The van der Waals surface area contributed by atoms with E-state index in [-0.39, 0.29) is 0 Å². The van der Waals surface area contributed by atoms with E-state index in [2.05, 4.69) is 9.62 Å². The van der Waals surface area contributed by atoms with E-state index in [0.29, 0.717) is 26.1 Å². The van der Waals surface area contributed by atoms with Gasteiger partial charge in [0.2, 0.25) is 0 Å². The molecule has 0 spiro atoms. The van der Waals surface area contributed by atoms with Crippen molar-refractivity contribution in [2.45, 2.75) is 12.8 Å². The Kier molecular flexibility index (Phi) is 6.89. The molecule has 0 fully saturated rings. The molecule has 4 heteroatoms. The molecule has 1 N–H and O–H groups in total. The van der Waals surface area contributed by atoms with Crippen molar-refractivity contribution in [3.8, 4) is 0 Å². The molecule has 0 bridgehead atoms. The van der Waals surface area contributed by atoms with Gasteiger partial charge in [0.15, 0.2) is 0 Å². The fraction of sp³-hybridized carbons (Fsp3) is 0.800. The summed E-state index contributed by atoms with van der Waals surface area (Å²) in [5, 5.41) is 7.81. The Morgan fingerprint density at radius 2 is 2.00 bits per heavy atom. The summed E-state index contributed by atoms with van der Waals surface area (Å²) in [5.74, 6) is 0. The number of carbonyl (C=O) groups is 1. The van der Waals surface area contributed by atoms with E-state index in [1.165, 1.54) is 0 Å². The lowest BCUT2D eigenvalue weighted by Gasteiger charge is -1.95. The Hall–Kier alpha value is -0.610. The number of rotatable bonds is 6. The maximum atomic E-state index is 9.53. The van der Waals surface area contributed by atoms with Crippen LogP contribution < -0.4 is 0 Å². The smallest absolute Gasteiger partial charge is 0.293 e. The summed E-state index contributed by atoms with van der Waals surface area (Å²) >= 11 is 0. The van der Waals surface area contributed by atoms with Crippen molar-refractivity contribution in [1.29, 1.82) is 0 Å². The Balaban J connectivity index is 2.66. The first-order valence-electron chi connectivity index (χ1n) is 2.73. The van der Waals surface area contributed by atoms with Crippen LogP contribution in [0.5, 0.6) is 0 Å². The van der Waals surface area contributed by atoms with E-state index >= 15 is 0 Å². The highest BCUT2D eigenvalue weighted by atomic mass is 17.1. The highest BCUT2D eigenvalue weighted by molar-refractivity contribution is 5.36. The third-order valence-corrected chi connectivity index (χ3v) is 0.816. The first kappa shape index (κ1) is 8.39. The molecule has 0 aromatic rings. The van der Waals surface area contributed by atoms with E-state index < -0.39 is 0 Å². The van der Waals surface area contributed by atoms with Crippen molar-refractivity contribution in [3.63, 3.8) is 0 Å². The van der Waals surface area contributed by atoms with Crippen molar-refractivity contribution in [3.05, 3.63) is 0 Å². The molecule has 0 saturated carbocycles. The minimum atomic E-state index is 0.294. The van der Waals surface area contributed by atoms with Crippen LogP contribution in [0.25, 0.3) is 0 Å². The Morgan fingerprint density at radius 3 is 2.56 bits per heavy atom. The topological polar surface area (TPSA) is 55.8 Å². The molecule has 0 aromatic carbocycles. The van der Waals surface area contributed by atoms with Crippen LogP contribution in [0.15, 0.2) is 0 Å². The fourth-order valence-corrected chi connectivity index (χ4v) is 0.400. The second kappa shape index (κ2) is 7.39. The van der Waals surface area contributed by atoms with E-state index in [9.17, 15) is 4.79 Å². The summed E-state index contributed by atoms with van der Waals surface area (Å²) in [6.07, 6.45) is 1.42. The third kappa shape index (κ3) is 7.39. The van der Waals surface area contributed by atoms with Crippen molar-refractivity contribution < 1.29 is 19.7 Å².